The number of H-pyrrole nitrogens is 1. The minimum Gasteiger partial charge on any atom is -0.482 e. The van der Waals surface area contributed by atoms with E-state index in [1.807, 2.05) is 37.5 Å². The van der Waals surface area contributed by atoms with E-state index in [0.717, 1.165) is 16.0 Å². The van der Waals surface area contributed by atoms with E-state index in [2.05, 4.69) is 41.4 Å². The van der Waals surface area contributed by atoms with Gasteiger partial charge >= 0.3 is 5.97 Å². The van der Waals surface area contributed by atoms with Crippen molar-refractivity contribution >= 4 is 17.7 Å². The number of carboxylic acid groups (broad SMARTS) is 1. The van der Waals surface area contributed by atoms with Crippen LogP contribution in [0.5, 0.6) is 5.75 Å². The fraction of sp³-hybridized carbons (Fsp3) is 0.200. The van der Waals surface area contributed by atoms with Gasteiger partial charge in [-0.25, -0.2) is 4.79 Å². The Morgan fingerprint density at radius 2 is 2.08 bits per heavy atom. The Kier molecular flexibility index (Phi) is 5.63. The summed E-state index contributed by atoms with van der Waals surface area (Å²) in [6, 6.07) is 14.2. The molecule has 1 unspecified atom stereocenters. The summed E-state index contributed by atoms with van der Waals surface area (Å²) in [5.41, 5.74) is 4.43. The van der Waals surface area contributed by atoms with E-state index in [4.69, 9.17) is 9.84 Å². The van der Waals surface area contributed by atoms with Gasteiger partial charge in [-0.15, -0.1) is 11.8 Å². The van der Waals surface area contributed by atoms with Crippen molar-refractivity contribution in [2.24, 2.45) is 0 Å². The Bertz CT molecular complexity index is 894. The molecule has 2 aromatic carbocycles. The van der Waals surface area contributed by atoms with Crippen LogP contribution in [0.25, 0.3) is 0 Å². The molecule has 134 valence electrons. The van der Waals surface area contributed by atoms with E-state index in [1.54, 1.807) is 11.8 Å². The fourth-order valence-corrected chi connectivity index (χ4v) is 3.91. The fourth-order valence-electron chi connectivity index (χ4n) is 2.70. The maximum atomic E-state index is 10.7. The van der Waals surface area contributed by atoms with Gasteiger partial charge in [-0.1, -0.05) is 29.8 Å². The summed E-state index contributed by atoms with van der Waals surface area (Å²) in [6.45, 7) is 3.66. The standard InChI is InChI=1S/C20H20N2O3S/c1-13-4-3-5-15(8-13)20(16-10-21-22-11-16)26-17-6-7-18(14(2)9-17)25-12-19(23)24/h3-11,20H,12H2,1-2H3,(H,21,22)(H,23,24). The zero-order valence-corrected chi connectivity index (χ0v) is 15.4. The number of aryl methyl sites for hydroxylation is 2. The maximum Gasteiger partial charge on any atom is 0.341 e. The van der Waals surface area contributed by atoms with Crippen LogP contribution in [0.2, 0.25) is 0 Å². The molecule has 1 heterocycles. The van der Waals surface area contributed by atoms with Crippen LogP contribution in [-0.2, 0) is 4.79 Å². The monoisotopic (exact) mass is 368 g/mol. The van der Waals surface area contributed by atoms with Gasteiger partial charge in [0.2, 0.25) is 0 Å². The first-order valence-corrected chi connectivity index (χ1v) is 9.08. The molecule has 2 N–H and O–H groups in total. The maximum absolute atomic E-state index is 10.7. The van der Waals surface area contributed by atoms with Crippen molar-refractivity contribution in [1.82, 2.24) is 10.2 Å². The number of aromatic nitrogens is 2. The van der Waals surface area contributed by atoms with Gasteiger partial charge in [0, 0.05) is 16.7 Å². The number of nitrogens with one attached hydrogen (secondary N) is 1. The van der Waals surface area contributed by atoms with Gasteiger partial charge in [-0.2, -0.15) is 5.10 Å². The molecule has 0 aliphatic carbocycles. The van der Waals surface area contributed by atoms with Gasteiger partial charge in [-0.3, -0.25) is 5.10 Å². The van der Waals surface area contributed by atoms with Gasteiger partial charge in [0.15, 0.2) is 6.61 Å². The van der Waals surface area contributed by atoms with E-state index in [-0.39, 0.29) is 11.9 Å². The summed E-state index contributed by atoms with van der Waals surface area (Å²) >= 11 is 1.72. The van der Waals surface area contributed by atoms with Crippen molar-refractivity contribution < 1.29 is 14.6 Å². The minimum absolute atomic E-state index is 0.110. The third-order valence-electron chi connectivity index (χ3n) is 3.92. The van der Waals surface area contributed by atoms with Gasteiger partial charge in [0.25, 0.3) is 0 Å². The van der Waals surface area contributed by atoms with Crippen LogP contribution in [0.15, 0.2) is 59.8 Å². The molecule has 1 atom stereocenters. The SMILES string of the molecule is Cc1cccc(C(Sc2ccc(OCC(=O)O)c(C)c2)c2cn[nH]c2)c1. The number of aliphatic carboxylic acids is 1. The summed E-state index contributed by atoms with van der Waals surface area (Å²) in [7, 11) is 0. The minimum atomic E-state index is -0.984. The number of ether oxygens (including phenoxy) is 1. The topological polar surface area (TPSA) is 75.2 Å². The van der Waals surface area contributed by atoms with Crippen molar-refractivity contribution in [2.75, 3.05) is 6.61 Å². The van der Waals surface area contributed by atoms with Crippen LogP contribution in [-0.4, -0.2) is 27.9 Å². The average Bonchev–Trinajstić information content (AvgIpc) is 3.13. The Balaban J connectivity index is 1.85. The van der Waals surface area contributed by atoms with E-state index < -0.39 is 5.97 Å². The third kappa shape index (κ3) is 4.46. The number of nitrogens with zero attached hydrogens (tertiary/aromatic N) is 1. The first kappa shape index (κ1) is 18.1. The summed E-state index contributed by atoms with van der Waals surface area (Å²) in [4.78, 5) is 11.8. The quantitative estimate of drug-likeness (QED) is 0.606. The molecule has 6 heteroatoms. The number of rotatable bonds is 7. The molecule has 0 radical (unpaired) electrons. The van der Waals surface area contributed by atoms with Crippen molar-refractivity contribution in [3.63, 3.8) is 0 Å². The molecule has 3 rings (SSSR count). The molecule has 5 nitrogen and oxygen atoms in total. The van der Waals surface area contributed by atoms with E-state index in [1.165, 1.54) is 11.1 Å². The highest BCUT2D eigenvalue weighted by molar-refractivity contribution is 7.99. The number of carboxylic acids is 1. The second-order valence-electron chi connectivity index (χ2n) is 6.05. The summed E-state index contributed by atoms with van der Waals surface area (Å²) in [6.07, 6.45) is 3.76. The molecule has 26 heavy (non-hydrogen) atoms. The number of benzene rings is 2. The molecule has 0 saturated heterocycles. The van der Waals surface area contributed by atoms with Crippen molar-refractivity contribution in [2.45, 2.75) is 24.0 Å². The zero-order chi connectivity index (χ0) is 18.5. The number of hydrogen-bond acceptors (Lipinski definition) is 4. The zero-order valence-electron chi connectivity index (χ0n) is 14.6. The lowest BCUT2D eigenvalue weighted by Gasteiger charge is -2.17. The Morgan fingerprint density at radius 3 is 2.73 bits per heavy atom. The molecule has 0 spiro atoms. The number of thioether (sulfide) groups is 1. The first-order valence-electron chi connectivity index (χ1n) is 8.20. The van der Waals surface area contributed by atoms with Gasteiger partial charge in [-0.05, 0) is 43.2 Å². The second kappa shape index (κ2) is 8.10. The van der Waals surface area contributed by atoms with Crippen molar-refractivity contribution in [3.8, 4) is 5.75 Å². The highest BCUT2D eigenvalue weighted by atomic mass is 32.2. The van der Waals surface area contributed by atoms with Crippen LogP contribution in [0.3, 0.4) is 0 Å². The number of hydrogen-bond donors (Lipinski definition) is 2. The van der Waals surface area contributed by atoms with Crippen LogP contribution < -0.4 is 4.74 Å². The van der Waals surface area contributed by atoms with E-state index >= 15 is 0 Å². The van der Waals surface area contributed by atoms with Crippen molar-refractivity contribution in [1.29, 1.82) is 0 Å². The molecule has 0 amide bonds. The molecule has 0 aliphatic heterocycles. The summed E-state index contributed by atoms with van der Waals surface area (Å²) in [5.74, 6) is -0.394. The number of aromatic amines is 1. The molecular formula is C20H20N2O3S. The predicted molar refractivity (Wildman–Crippen MR) is 102 cm³/mol. The highest BCUT2D eigenvalue weighted by Gasteiger charge is 2.18. The Hall–Kier alpha value is -2.73. The first-order chi connectivity index (χ1) is 12.5. The third-order valence-corrected chi connectivity index (χ3v) is 5.22. The Morgan fingerprint density at radius 1 is 1.23 bits per heavy atom. The van der Waals surface area contributed by atoms with Gasteiger partial charge < -0.3 is 9.84 Å². The molecule has 0 saturated carbocycles. The average molecular weight is 368 g/mol. The normalized spacial score (nSPS) is 11.9. The van der Waals surface area contributed by atoms with Crippen LogP contribution in [0, 0.1) is 13.8 Å². The van der Waals surface area contributed by atoms with Gasteiger partial charge in [0.1, 0.15) is 5.75 Å². The molecule has 0 fully saturated rings. The van der Waals surface area contributed by atoms with Gasteiger partial charge in [0.05, 0.1) is 11.4 Å². The molecule has 1 aromatic heterocycles. The number of carbonyl (C=O) groups is 1. The second-order valence-corrected chi connectivity index (χ2v) is 7.23. The smallest absolute Gasteiger partial charge is 0.341 e. The van der Waals surface area contributed by atoms with Crippen molar-refractivity contribution in [3.05, 3.63) is 77.1 Å². The van der Waals surface area contributed by atoms with Crippen LogP contribution >= 0.6 is 11.8 Å². The largest absolute Gasteiger partial charge is 0.482 e. The lowest BCUT2D eigenvalue weighted by molar-refractivity contribution is -0.139. The van der Waals surface area contributed by atoms with Crippen LogP contribution in [0.4, 0.5) is 0 Å². The molecule has 0 aliphatic rings. The van der Waals surface area contributed by atoms with Crippen LogP contribution in [0.1, 0.15) is 27.5 Å². The predicted octanol–water partition coefficient (Wildman–Crippen LogP) is 4.37. The lowest BCUT2D eigenvalue weighted by atomic mass is 10.1. The van der Waals surface area contributed by atoms with E-state index in [0.29, 0.717) is 5.75 Å². The molecule has 3 aromatic rings. The summed E-state index contributed by atoms with van der Waals surface area (Å²) < 4.78 is 5.31. The molecular weight excluding hydrogens is 348 g/mol. The summed E-state index contributed by atoms with van der Waals surface area (Å²) in [5, 5.41) is 15.8. The lowest BCUT2D eigenvalue weighted by Crippen LogP contribution is -2.10. The molecule has 0 bridgehead atoms. The van der Waals surface area contributed by atoms with E-state index in [9.17, 15) is 4.79 Å². The highest BCUT2D eigenvalue weighted by Crippen LogP contribution is 2.41. The Labute approximate surface area is 156 Å².